The minimum atomic E-state index is -0.854. The molecule has 31 heavy (non-hydrogen) atoms. The van der Waals surface area contributed by atoms with Gasteiger partial charge in [0.25, 0.3) is 0 Å². The SMILES string of the molecule is CCOC(=O)CC1C(C(=O)OCC)=C(C)N(c2cccc(Cl)c2)C(C)=C1C(=O)OCC. The minimum Gasteiger partial charge on any atom is -0.466 e. The molecular weight excluding hydrogens is 422 g/mol. The largest absolute Gasteiger partial charge is 0.466 e. The van der Waals surface area contributed by atoms with Crippen LogP contribution in [0.25, 0.3) is 0 Å². The van der Waals surface area contributed by atoms with Crippen LogP contribution in [0.15, 0.2) is 46.8 Å². The average Bonchev–Trinajstić information content (AvgIpc) is 2.68. The molecule has 0 unspecified atom stereocenters. The van der Waals surface area contributed by atoms with Crippen molar-refractivity contribution in [2.24, 2.45) is 5.92 Å². The topological polar surface area (TPSA) is 82.1 Å². The lowest BCUT2D eigenvalue weighted by molar-refractivity contribution is -0.144. The third-order valence-electron chi connectivity index (χ3n) is 4.88. The molecule has 0 saturated heterocycles. The van der Waals surface area contributed by atoms with Crippen LogP contribution >= 0.6 is 11.6 Å². The van der Waals surface area contributed by atoms with E-state index in [2.05, 4.69) is 0 Å². The number of esters is 3. The second kappa shape index (κ2) is 11.0. The molecule has 1 aliphatic heterocycles. The third-order valence-corrected chi connectivity index (χ3v) is 5.12. The van der Waals surface area contributed by atoms with Crippen LogP contribution < -0.4 is 4.90 Å². The molecule has 7 nitrogen and oxygen atoms in total. The maximum atomic E-state index is 13.0. The number of carbonyl (C=O) groups excluding carboxylic acids is 3. The van der Waals surface area contributed by atoms with E-state index in [1.54, 1.807) is 57.7 Å². The molecule has 0 bridgehead atoms. The Bertz CT molecular complexity index is 878. The van der Waals surface area contributed by atoms with Crippen LogP contribution in [0.1, 0.15) is 41.0 Å². The van der Waals surface area contributed by atoms with Gasteiger partial charge in [0.2, 0.25) is 0 Å². The Hall–Kier alpha value is -2.80. The summed E-state index contributed by atoms with van der Waals surface area (Å²) in [5.41, 5.74) is 2.17. The number of rotatable bonds is 8. The van der Waals surface area contributed by atoms with Crippen LogP contribution in [0, 0.1) is 5.92 Å². The maximum absolute atomic E-state index is 13.0. The van der Waals surface area contributed by atoms with E-state index in [-0.39, 0.29) is 37.4 Å². The summed E-state index contributed by atoms with van der Waals surface area (Å²) in [5, 5.41) is 0.502. The van der Waals surface area contributed by atoms with Crippen molar-refractivity contribution in [3.8, 4) is 0 Å². The highest BCUT2D eigenvalue weighted by atomic mass is 35.5. The molecule has 2 rings (SSSR count). The first-order valence-corrected chi connectivity index (χ1v) is 10.6. The number of carbonyl (C=O) groups is 3. The molecule has 0 N–H and O–H groups in total. The molecule has 0 saturated carbocycles. The summed E-state index contributed by atoms with van der Waals surface area (Å²) in [4.78, 5) is 40.1. The van der Waals surface area contributed by atoms with Crippen LogP contribution in [0.5, 0.6) is 0 Å². The van der Waals surface area contributed by atoms with E-state index in [1.165, 1.54) is 0 Å². The Balaban J connectivity index is 2.74. The molecule has 1 aliphatic rings. The lowest BCUT2D eigenvalue weighted by Gasteiger charge is -2.37. The molecule has 1 aromatic carbocycles. The number of allylic oxidation sites excluding steroid dienone is 2. The first-order valence-electron chi connectivity index (χ1n) is 10.2. The van der Waals surface area contributed by atoms with Crippen molar-refractivity contribution in [2.75, 3.05) is 24.7 Å². The second-order valence-corrected chi connectivity index (χ2v) is 7.25. The smallest absolute Gasteiger partial charge is 0.336 e. The van der Waals surface area contributed by atoms with Crippen molar-refractivity contribution in [3.05, 3.63) is 51.8 Å². The first kappa shape index (κ1) is 24.5. The average molecular weight is 450 g/mol. The number of nitrogens with zero attached hydrogens (tertiary/aromatic N) is 1. The molecule has 8 heteroatoms. The summed E-state index contributed by atoms with van der Waals surface area (Å²) < 4.78 is 15.7. The number of hydrogen-bond donors (Lipinski definition) is 0. The van der Waals surface area contributed by atoms with Crippen LogP contribution in [-0.2, 0) is 28.6 Å². The van der Waals surface area contributed by atoms with E-state index in [9.17, 15) is 14.4 Å². The van der Waals surface area contributed by atoms with Crippen LogP contribution in [0.2, 0.25) is 5.02 Å². The van der Waals surface area contributed by atoms with Gasteiger partial charge in [0.05, 0.1) is 37.4 Å². The van der Waals surface area contributed by atoms with E-state index in [1.807, 2.05) is 6.07 Å². The highest BCUT2D eigenvalue weighted by Gasteiger charge is 2.41. The Morgan fingerprint density at radius 1 is 0.903 bits per heavy atom. The highest BCUT2D eigenvalue weighted by Crippen LogP contribution is 2.41. The Kier molecular flexibility index (Phi) is 8.68. The lowest BCUT2D eigenvalue weighted by Crippen LogP contribution is -2.37. The van der Waals surface area contributed by atoms with Crippen molar-refractivity contribution in [1.29, 1.82) is 0 Å². The van der Waals surface area contributed by atoms with Crippen molar-refractivity contribution in [3.63, 3.8) is 0 Å². The number of hydrogen-bond acceptors (Lipinski definition) is 7. The van der Waals surface area contributed by atoms with Crippen LogP contribution in [0.3, 0.4) is 0 Å². The molecule has 0 atom stereocenters. The maximum Gasteiger partial charge on any atom is 0.336 e. The van der Waals surface area contributed by atoms with Gasteiger partial charge in [-0.2, -0.15) is 0 Å². The predicted octanol–water partition coefficient (Wildman–Crippen LogP) is 4.40. The van der Waals surface area contributed by atoms with Crippen molar-refractivity contribution < 1.29 is 28.6 Å². The van der Waals surface area contributed by atoms with E-state index in [0.29, 0.717) is 22.1 Å². The standard InChI is InChI=1S/C23H28ClNO6/c1-6-29-19(26)13-18-20(22(27)30-7-2)14(4)25(17-11-9-10-16(24)12-17)15(5)21(18)23(28)31-8-3/h9-12,18H,6-8,13H2,1-5H3. The molecule has 168 valence electrons. The van der Waals surface area contributed by atoms with Gasteiger partial charge in [-0.15, -0.1) is 0 Å². The van der Waals surface area contributed by atoms with Gasteiger partial charge >= 0.3 is 17.9 Å². The molecule has 1 heterocycles. The van der Waals surface area contributed by atoms with Crippen molar-refractivity contribution in [1.82, 2.24) is 0 Å². The van der Waals surface area contributed by atoms with Gasteiger partial charge in [0.1, 0.15) is 0 Å². The van der Waals surface area contributed by atoms with Gasteiger partial charge in [0, 0.05) is 28.0 Å². The fourth-order valence-corrected chi connectivity index (χ4v) is 3.92. The van der Waals surface area contributed by atoms with E-state index in [0.717, 1.165) is 0 Å². The minimum absolute atomic E-state index is 0.149. The highest BCUT2D eigenvalue weighted by molar-refractivity contribution is 6.30. The summed E-state index contributed by atoms with van der Waals surface area (Å²) in [7, 11) is 0. The summed E-state index contributed by atoms with van der Waals surface area (Å²) in [5.74, 6) is -2.58. The molecule has 1 aromatic rings. The summed E-state index contributed by atoms with van der Waals surface area (Å²) in [6, 6.07) is 7.05. The molecule has 0 radical (unpaired) electrons. The van der Waals surface area contributed by atoms with Crippen molar-refractivity contribution >= 4 is 35.2 Å². The number of ether oxygens (including phenoxy) is 3. The fourth-order valence-electron chi connectivity index (χ4n) is 3.73. The van der Waals surface area contributed by atoms with Crippen LogP contribution in [-0.4, -0.2) is 37.7 Å². The van der Waals surface area contributed by atoms with Gasteiger partial charge in [-0.25, -0.2) is 9.59 Å². The van der Waals surface area contributed by atoms with Crippen LogP contribution in [0.4, 0.5) is 5.69 Å². The van der Waals surface area contributed by atoms with Gasteiger partial charge in [0.15, 0.2) is 0 Å². The zero-order valence-corrected chi connectivity index (χ0v) is 19.2. The molecule has 0 amide bonds. The Labute approximate surface area is 187 Å². The Morgan fingerprint density at radius 3 is 1.87 bits per heavy atom. The van der Waals surface area contributed by atoms with E-state index < -0.39 is 23.8 Å². The summed E-state index contributed by atoms with van der Waals surface area (Å²) in [6.07, 6.45) is -0.186. The summed E-state index contributed by atoms with van der Waals surface area (Å²) in [6.45, 7) is 9.06. The zero-order chi connectivity index (χ0) is 23.1. The number of benzene rings is 1. The quantitative estimate of drug-likeness (QED) is 0.429. The molecule has 0 aromatic heterocycles. The molecule has 0 spiro atoms. The van der Waals surface area contributed by atoms with Gasteiger partial charge in [-0.1, -0.05) is 17.7 Å². The normalized spacial score (nSPS) is 14.6. The van der Waals surface area contributed by atoms with E-state index >= 15 is 0 Å². The van der Waals surface area contributed by atoms with Gasteiger partial charge < -0.3 is 19.1 Å². The number of anilines is 1. The zero-order valence-electron chi connectivity index (χ0n) is 18.5. The molecule has 0 fully saturated rings. The monoisotopic (exact) mass is 449 g/mol. The second-order valence-electron chi connectivity index (χ2n) is 6.82. The third kappa shape index (κ3) is 5.47. The predicted molar refractivity (Wildman–Crippen MR) is 117 cm³/mol. The van der Waals surface area contributed by atoms with Gasteiger partial charge in [-0.05, 0) is 52.8 Å². The Morgan fingerprint density at radius 2 is 1.42 bits per heavy atom. The van der Waals surface area contributed by atoms with E-state index in [4.69, 9.17) is 25.8 Å². The van der Waals surface area contributed by atoms with Crippen molar-refractivity contribution in [2.45, 2.75) is 41.0 Å². The number of halogens is 1. The molecule has 0 aliphatic carbocycles. The fraction of sp³-hybridized carbons (Fsp3) is 0.435. The van der Waals surface area contributed by atoms with Gasteiger partial charge in [-0.3, -0.25) is 4.79 Å². The molecular formula is C23H28ClNO6. The summed E-state index contributed by atoms with van der Waals surface area (Å²) >= 11 is 6.19. The lowest BCUT2D eigenvalue weighted by atomic mass is 9.82. The first-order chi connectivity index (χ1) is 14.8.